The Labute approximate surface area is 229 Å². The highest BCUT2D eigenvalue weighted by Crippen LogP contribution is 2.38. The summed E-state index contributed by atoms with van der Waals surface area (Å²) in [6.07, 6.45) is 7.65. The molecule has 2 aromatic carbocycles. The Kier molecular flexibility index (Phi) is 7.34. The van der Waals surface area contributed by atoms with Gasteiger partial charge in [0.05, 0.1) is 21.6 Å². The predicted octanol–water partition coefficient (Wildman–Crippen LogP) is 5.64. The number of carbonyl (C=O) groups is 2. The van der Waals surface area contributed by atoms with Crippen LogP contribution in [0.25, 0.3) is 10.8 Å². The van der Waals surface area contributed by atoms with Gasteiger partial charge < -0.3 is 15.1 Å². The number of nitro benzene ring substituents is 1. The first-order valence-electron chi connectivity index (χ1n) is 12.9. The van der Waals surface area contributed by atoms with Crippen molar-refractivity contribution in [3.05, 3.63) is 74.5 Å². The fourth-order valence-corrected chi connectivity index (χ4v) is 6.02. The van der Waals surface area contributed by atoms with Crippen LogP contribution in [0.3, 0.4) is 0 Å². The first-order chi connectivity index (χ1) is 18.3. The summed E-state index contributed by atoms with van der Waals surface area (Å²) < 4.78 is 0.476. The van der Waals surface area contributed by atoms with Gasteiger partial charge in [-0.15, -0.1) is 0 Å². The zero-order valence-corrected chi connectivity index (χ0v) is 22.9. The van der Waals surface area contributed by atoms with Gasteiger partial charge in [0, 0.05) is 54.5 Å². The molecule has 3 heterocycles. The van der Waals surface area contributed by atoms with E-state index >= 15 is 0 Å². The van der Waals surface area contributed by atoms with Crippen LogP contribution in [0.5, 0.6) is 0 Å². The number of amides is 2. The number of benzene rings is 2. The molecule has 1 aromatic heterocycles. The normalized spacial score (nSPS) is 19.8. The number of anilines is 1. The van der Waals surface area contributed by atoms with E-state index in [4.69, 9.17) is 0 Å². The Morgan fingerprint density at radius 3 is 2.47 bits per heavy atom. The molecule has 2 saturated heterocycles. The molecule has 0 spiro atoms. The average molecular weight is 580 g/mol. The van der Waals surface area contributed by atoms with Crippen molar-refractivity contribution >= 4 is 49.9 Å². The Morgan fingerprint density at radius 1 is 1.00 bits per heavy atom. The third kappa shape index (κ3) is 5.22. The summed E-state index contributed by atoms with van der Waals surface area (Å²) in [7, 11) is 0. The van der Waals surface area contributed by atoms with Crippen LogP contribution < -0.4 is 5.32 Å². The first-order valence-corrected chi connectivity index (χ1v) is 13.7. The van der Waals surface area contributed by atoms with Gasteiger partial charge in [0.1, 0.15) is 5.69 Å². The quantitative estimate of drug-likeness (QED) is 0.309. The number of carbonyl (C=O) groups excluding carboxylic acids is 2. The molecule has 10 heteroatoms. The zero-order valence-electron chi connectivity index (χ0n) is 21.3. The maximum Gasteiger partial charge on any atom is 0.294 e. The molecule has 0 bridgehead atoms. The number of rotatable bonds is 5. The maximum atomic E-state index is 13.6. The van der Waals surface area contributed by atoms with Gasteiger partial charge in [0.15, 0.2) is 0 Å². The minimum absolute atomic E-state index is 0.128. The van der Waals surface area contributed by atoms with Crippen LogP contribution in [0.15, 0.2) is 53.3 Å². The van der Waals surface area contributed by atoms with E-state index in [0.717, 1.165) is 30.0 Å². The highest BCUT2D eigenvalue weighted by Gasteiger charge is 2.37. The number of pyridine rings is 1. The number of aromatic nitrogens is 1. The fraction of sp³-hybridized carbons (Fsp3) is 0.393. The third-order valence-electron chi connectivity index (χ3n) is 7.46. The minimum atomic E-state index is -0.679. The summed E-state index contributed by atoms with van der Waals surface area (Å²) in [4.78, 5) is 46.6. The lowest BCUT2D eigenvalue weighted by Crippen LogP contribution is -2.53. The van der Waals surface area contributed by atoms with Crippen LogP contribution in [0.4, 0.5) is 11.4 Å². The minimum Gasteiger partial charge on any atom is -0.372 e. The number of likely N-dealkylation sites (tertiary alicyclic amines) is 2. The number of nitro groups is 1. The standard InChI is InChI=1S/C28H30BrN5O4/c1-28(10-7-13-33(18-28)27(36)23-17-30-16-19-8-3-4-9-21(19)23)31-25-22(14-20(29)15-24(25)34(37)38)26(35)32-11-5-2-6-12-32/h3-4,8-9,14-17,31H,2,5-7,10-13,18H2,1H3/t28-/m1/s1. The molecule has 198 valence electrons. The Morgan fingerprint density at radius 2 is 1.71 bits per heavy atom. The molecule has 2 aliphatic rings. The van der Waals surface area contributed by atoms with Crippen molar-refractivity contribution < 1.29 is 14.5 Å². The smallest absolute Gasteiger partial charge is 0.294 e. The van der Waals surface area contributed by atoms with E-state index in [1.54, 1.807) is 28.3 Å². The van der Waals surface area contributed by atoms with Crippen molar-refractivity contribution in [1.82, 2.24) is 14.8 Å². The molecule has 0 unspecified atom stereocenters. The number of halogens is 1. The van der Waals surface area contributed by atoms with Gasteiger partial charge in [-0.1, -0.05) is 40.2 Å². The fourth-order valence-electron chi connectivity index (χ4n) is 5.58. The molecule has 0 radical (unpaired) electrons. The topological polar surface area (TPSA) is 109 Å². The second-order valence-corrected chi connectivity index (χ2v) is 11.3. The van der Waals surface area contributed by atoms with Gasteiger partial charge in [-0.3, -0.25) is 24.7 Å². The van der Waals surface area contributed by atoms with Crippen LogP contribution in [-0.4, -0.2) is 63.2 Å². The van der Waals surface area contributed by atoms with Gasteiger partial charge in [0.2, 0.25) is 0 Å². The molecule has 2 aliphatic heterocycles. The van der Waals surface area contributed by atoms with E-state index in [1.807, 2.05) is 31.2 Å². The van der Waals surface area contributed by atoms with Crippen LogP contribution in [-0.2, 0) is 0 Å². The van der Waals surface area contributed by atoms with E-state index in [0.29, 0.717) is 49.1 Å². The number of hydrogen-bond acceptors (Lipinski definition) is 6. The summed E-state index contributed by atoms with van der Waals surface area (Å²) in [5.41, 5.74) is 0.167. The molecule has 38 heavy (non-hydrogen) atoms. The van der Waals surface area contributed by atoms with Crippen LogP contribution in [0, 0.1) is 10.1 Å². The maximum absolute atomic E-state index is 13.6. The molecule has 2 fully saturated rings. The number of hydrogen-bond donors (Lipinski definition) is 1. The molecular formula is C28H30BrN5O4. The summed E-state index contributed by atoms with van der Waals surface area (Å²) in [6.45, 7) is 4.13. The van der Waals surface area contributed by atoms with Crippen molar-refractivity contribution in [3.63, 3.8) is 0 Å². The first kappa shape index (κ1) is 26.1. The van der Waals surface area contributed by atoms with Crippen molar-refractivity contribution in [1.29, 1.82) is 0 Å². The van der Waals surface area contributed by atoms with Gasteiger partial charge in [-0.2, -0.15) is 0 Å². The Bertz CT molecular complexity index is 1400. The molecular weight excluding hydrogens is 550 g/mol. The summed E-state index contributed by atoms with van der Waals surface area (Å²) >= 11 is 3.36. The summed E-state index contributed by atoms with van der Waals surface area (Å²) in [5, 5.41) is 17.2. The lowest BCUT2D eigenvalue weighted by molar-refractivity contribution is -0.384. The summed E-state index contributed by atoms with van der Waals surface area (Å²) in [6, 6.07) is 10.7. The lowest BCUT2D eigenvalue weighted by atomic mass is 9.89. The van der Waals surface area contributed by atoms with Gasteiger partial charge in [-0.25, -0.2) is 0 Å². The van der Waals surface area contributed by atoms with Crippen LogP contribution >= 0.6 is 15.9 Å². The monoisotopic (exact) mass is 579 g/mol. The molecule has 9 nitrogen and oxygen atoms in total. The molecule has 2 amide bonds. The number of nitrogens with zero attached hydrogens (tertiary/aromatic N) is 4. The van der Waals surface area contributed by atoms with E-state index in [1.165, 1.54) is 6.07 Å². The number of nitrogens with one attached hydrogen (secondary N) is 1. The number of piperidine rings is 2. The molecule has 3 aromatic rings. The lowest BCUT2D eigenvalue weighted by Gasteiger charge is -2.42. The van der Waals surface area contributed by atoms with E-state index < -0.39 is 10.5 Å². The SMILES string of the molecule is C[C@@]1(Nc2c(C(=O)N3CCCCC3)cc(Br)cc2[N+](=O)[O-])CCCN(C(=O)c2cncc3ccccc23)C1. The second-order valence-electron chi connectivity index (χ2n) is 10.4. The molecule has 1 atom stereocenters. The van der Waals surface area contributed by atoms with Crippen molar-refractivity contribution in [2.24, 2.45) is 0 Å². The third-order valence-corrected chi connectivity index (χ3v) is 7.92. The predicted molar refractivity (Wildman–Crippen MR) is 149 cm³/mol. The second kappa shape index (κ2) is 10.7. The van der Waals surface area contributed by atoms with E-state index in [-0.39, 0.29) is 28.8 Å². The van der Waals surface area contributed by atoms with Gasteiger partial charge >= 0.3 is 0 Å². The van der Waals surface area contributed by atoms with Gasteiger partial charge in [-0.05, 0) is 50.5 Å². The highest BCUT2D eigenvalue weighted by atomic mass is 79.9. The Hall–Kier alpha value is -3.53. The van der Waals surface area contributed by atoms with Crippen LogP contribution in [0.2, 0.25) is 0 Å². The molecule has 0 aliphatic carbocycles. The van der Waals surface area contributed by atoms with Crippen molar-refractivity contribution in [2.75, 3.05) is 31.5 Å². The zero-order chi connectivity index (χ0) is 26.9. The van der Waals surface area contributed by atoms with E-state index in [9.17, 15) is 19.7 Å². The average Bonchev–Trinajstić information content (AvgIpc) is 2.93. The largest absolute Gasteiger partial charge is 0.372 e. The van der Waals surface area contributed by atoms with E-state index in [2.05, 4.69) is 26.2 Å². The number of fused-ring (bicyclic) bond motifs is 1. The Balaban J connectivity index is 1.46. The molecule has 1 N–H and O–H groups in total. The summed E-state index contributed by atoms with van der Waals surface area (Å²) in [5.74, 6) is -0.345. The van der Waals surface area contributed by atoms with Crippen LogP contribution in [0.1, 0.15) is 59.7 Å². The van der Waals surface area contributed by atoms with Crippen molar-refractivity contribution in [3.8, 4) is 0 Å². The highest BCUT2D eigenvalue weighted by molar-refractivity contribution is 9.10. The molecule has 5 rings (SSSR count). The van der Waals surface area contributed by atoms with Gasteiger partial charge in [0.25, 0.3) is 17.5 Å². The van der Waals surface area contributed by atoms with Crippen molar-refractivity contribution in [2.45, 2.75) is 44.6 Å². The molecule has 0 saturated carbocycles.